The lowest BCUT2D eigenvalue weighted by atomic mass is 10.1. The Morgan fingerprint density at radius 1 is 1.36 bits per heavy atom. The first-order valence-electron chi connectivity index (χ1n) is 7.21. The van der Waals surface area contributed by atoms with E-state index in [1.54, 1.807) is 0 Å². The largest absolute Gasteiger partial charge is 0.353 e. The maximum atomic E-state index is 11.8. The van der Waals surface area contributed by atoms with E-state index in [0.717, 1.165) is 12.0 Å². The molecular formula is C15H21N5OS. The number of nitrogens with zero attached hydrogens (tertiary/aromatic N) is 3. The van der Waals surface area contributed by atoms with E-state index in [1.165, 1.54) is 22.0 Å². The first-order valence-corrected chi connectivity index (χ1v) is 8.19. The summed E-state index contributed by atoms with van der Waals surface area (Å²) < 4.78 is 1.42. The highest BCUT2D eigenvalue weighted by Crippen LogP contribution is 2.21. The second kappa shape index (κ2) is 7.31. The Bertz CT molecular complexity index is 638. The van der Waals surface area contributed by atoms with Crippen molar-refractivity contribution in [2.24, 2.45) is 0 Å². The highest BCUT2D eigenvalue weighted by Gasteiger charge is 2.14. The third kappa shape index (κ3) is 4.00. The fraction of sp³-hybridized carbons (Fsp3) is 0.400. The molecule has 2 rings (SSSR count). The number of nitrogens with one attached hydrogen (secondary N) is 1. The molecule has 1 amide bonds. The van der Waals surface area contributed by atoms with Gasteiger partial charge in [0.05, 0.1) is 5.75 Å². The minimum Gasteiger partial charge on any atom is -0.353 e. The van der Waals surface area contributed by atoms with Gasteiger partial charge in [0.15, 0.2) is 5.82 Å². The third-order valence-corrected chi connectivity index (χ3v) is 4.27. The van der Waals surface area contributed by atoms with Crippen molar-refractivity contribution in [3.8, 4) is 11.4 Å². The fourth-order valence-electron chi connectivity index (χ4n) is 1.82. The van der Waals surface area contributed by atoms with Crippen LogP contribution in [-0.2, 0) is 4.79 Å². The molecule has 1 unspecified atom stereocenters. The van der Waals surface area contributed by atoms with Crippen molar-refractivity contribution >= 4 is 17.7 Å². The van der Waals surface area contributed by atoms with Crippen LogP contribution in [0.25, 0.3) is 11.4 Å². The van der Waals surface area contributed by atoms with Gasteiger partial charge in [-0.1, -0.05) is 48.5 Å². The molecule has 0 aliphatic rings. The van der Waals surface area contributed by atoms with E-state index < -0.39 is 0 Å². The first kappa shape index (κ1) is 16.4. The Labute approximate surface area is 134 Å². The maximum Gasteiger partial charge on any atom is 0.230 e. The summed E-state index contributed by atoms with van der Waals surface area (Å²) in [5.41, 5.74) is 2.07. The molecule has 0 saturated heterocycles. The van der Waals surface area contributed by atoms with Crippen LogP contribution in [0.3, 0.4) is 0 Å². The lowest BCUT2D eigenvalue weighted by Crippen LogP contribution is -2.33. The van der Waals surface area contributed by atoms with Gasteiger partial charge in [-0.2, -0.15) is 0 Å². The fourth-order valence-corrected chi connectivity index (χ4v) is 2.49. The van der Waals surface area contributed by atoms with Crippen LogP contribution in [0.15, 0.2) is 29.4 Å². The Balaban J connectivity index is 2.02. The second-order valence-corrected chi connectivity index (χ2v) is 6.15. The molecule has 3 N–H and O–H groups in total. The summed E-state index contributed by atoms with van der Waals surface area (Å²) in [6, 6.07) is 8.07. The summed E-state index contributed by atoms with van der Waals surface area (Å²) in [5.74, 6) is 6.86. The summed E-state index contributed by atoms with van der Waals surface area (Å²) in [4.78, 5) is 11.8. The number of aromatic nitrogens is 3. The predicted octanol–water partition coefficient (Wildman–Crippen LogP) is 1.97. The van der Waals surface area contributed by atoms with Crippen molar-refractivity contribution < 1.29 is 4.79 Å². The molecule has 0 spiro atoms. The van der Waals surface area contributed by atoms with Crippen LogP contribution in [-0.4, -0.2) is 32.6 Å². The number of thioether (sulfide) groups is 1. The molecule has 0 saturated carbocycles. The number of carbonyl (C=O) groups is 1. The molecule has 22 heavy (non-hydrogen) atoms. The molecule has 1 aromatic carbocycles. The van der Waals surface area contributed by atoms with E-state index in [1.807, 2.05) is 45.0 Å². The van der Waals surface area contributed by atoms with Gasteiger partial charge in [0.25, 0.3) is 0 Å². The molecule has 6 nitrogen and oxygen atoms in total. The van der Waals surface area contributed by atoms with Crippen LogP contribution in [0, 0.1) is 6.92 Å². The lowest BCUT2D eigenvalue weighted by Gasteiger charge is -2.10. The predicted molar refractivity (Wildman–Crippen MR) is 89.0 cm³/mol. The smallest absolute Gasteiger partial charge is 0.230 e. The van der Waals surface area contributed by atoms with E-state index in [4.69, 9.17) is 5.84 Å². The van der Waals surface area contributed by atoms with Gasteiger partial charge in [-0.25, -0.2) is 4.68 Å². The molecule has 118 valence electrons. The topological polar surface area (TPSA) is 85.8 Å². The van der Waals surface area contributed by atoms with Gasteiger partial charge in [-0.15, -0.1) is 10.2 Å². The van der Waals surface area contributed by atoms with Gasteiger partial charge in [-0.3, -0.25) is 4.79 Å². The Hall–Kier alpha value is -2.02. The first-order chi connectivity index (χ1) is 10.5. The molecule has 7 heteroatoms. The van der Waals surface area contributed by atoms with Crippen molar-refractivity contribution in [3.05, 3.63) is 29.8 Å². The van der Waals surface area contributed by atoms with E-state index in [9.17, 15) is 4.79 Å². The number of nitrogen functional groups attached to an aromatic ring is 1. The monoisotopic (exact) mass is 319 g/mol. The average molecular weight is 319 g/mol. The number of rotatable bonds is 6. The molecule has 0 radical (unpaired) electrons. The summed E-state index contributed by atoms with van der Waals surface area (Å²) in [5, 5.41) is 11.6. The second-order valence-electron chi connectivity index (χ2n) is 5.21. The van der Waals surface area contributed by atoms with E-state index in [0.29, 0.717) is 11.0 Å². The van der Waals surface area contributed by atoms with E-state index >= 15 is 0 Å². The van der Waals surface area contributed by atoms with Crippen molar-refractivity contribution in [1.29, 1.82) is 0 Å². The van der Waals surface area contributed by atoms with Crippen LogP contribution in [0.2, 0.25) is 0 Å². The molecule has 0 bridgehead atoms. The van der Waals surface area contributed by atoms with Crippen LogP contribution >= 0.6 is 11.8 Å². The number of hydrogen-bond donors (Lipinski definition) is 2. The van der Waals surface area contributed by atoms with E-state index in [2.05, 4.69) is 15.5 Å². The highest BCUT2D eigenvalue weighted by atomic mass is 32.2. The van der Waals surface area contributed by atoms with Gasteiger partial charge in [-0.05, 0) is 20.3 Å². The van der Waals surface area contributed by atoms with Crippen molar-refractivity contribution in [2.75, 3.05) is 11.6 Å². The summed E-state index contributed by atoms with van der Waals surface area (Å²) in [6.45, 7) is 6.03. The zero-order chi connectivity index (χ0) is 16.1. The van der Waals surface area contributed by atoms with Crippen LogP contribution in [0.5, 0.6) is 0 Å². The van der Waals surface area contributed by atoms with Crippen molar-refractivity contribution in [3.63, 3.8) is 0 Å². The van der Waals surface area contributed by atoms with Gasteiger partial charge in [0.2, 0.25) is 11.1 Å². The number of carbonyl (C=O) groups excluding carboxylic acids is 1. The highest BCUT2D eigenvalue weighted by molar-refractivity contribution is 7.99. The Morgan fingerprint density at radius 2 is 2.05 bits per heavy atom. The summed E-state index contributed by atoms with van der Waals surface area (Å²) in [6.07, 6.45) is 0.904. The van der Waals surface area contributed by atoms with Crippen LogP contribution in [0.4, 0.5) is 0 Å². The number of amides is 1. The molecular weight excluding hydrogens is 298 g/mol. The van der Waals surface area contributed by atoms with Crippen LogP contribution in [0.1, 0.15) is 25.8 Å². The minimum atomic E-state index is -0.0285. The lowest BCUT2D eigenvalue weighted by molar-refractivity contribution is -0.119. The molecule has 0 fully saturated rings. The van der Waals surface area contributed by atoms with Gasteiger partial charge < -0.3 is 11.2 Å². The van der Waals surface area contributed by atoms with Gasteiger partial charge >= 0.3 is 0 Å². The zero-order valence-corrected chi connectivity index (χ0v) is 13.9. The SMILES string of the molecule is CCC(C)NC(=O)CSc1nnc(-c2ccc(C)cc2)n1N. The van der Waals surface area contributed by atoms with Crippen molar-refractivity contribution in [2.45, 2.75) is 38.4 Å². The third-order valence-electron chi connectivity index (χ3n) is 3.33. The van der Waals surface area contributed by atoms with Gasteiger partial charge in [0.1, 0.15) is 0 Å². The molecule has 1 aromatic heterocycles. The molecule has 1 atom stereocenters. The Morgan fingerprint density at radius 3 is 2.68 bits per heavy atom. The molecule has 2 aromatic rings. The van der Waals surface area contributed by atoms with Gasteiger partial charge in [0, 0.05) is 11.6 Å². The summed E-state index contributed by atoms with van der Waals surface area (Å²) >= 11 is 1.28. The van der Waals surface area contributed by atoms with Crippen LogP contribution < -0.4 is 11.2 Å². The summed E-state index contributed by atoms with van der Waals surface area (Å²) in [7, 11) is 0. The molecule has 1 heterocycles. The van der Waals surface area contributed by atoms with E-state index in [-0.39, 0.29) is 17.7 Å². The standard InChI is InChI=1S/C15H21N5OS/c1-4-11(3)17-13(21)9-22-15-19-18-14(20(15)16)12-7-5-10(2)6-8-12/h5-8,11H,4,9,16H2,1-3H3,(H,17,21). The number of nitrogens with two attached hydrogens (primary N) is 1. The number of hydrogen-bond acceptors (Lipinski definition) is 5. The Kier molecular flexibility index (Phi) is 5.43. The quantitative estimate of drug-likeness (QED) is 0.628. The normalized spacial score (nSPS) is 12.1. The maximum absolute atomic E-state index is 11.8. The number of benzene rings is 1. The minimum absolute atomic E-state index is 0.0285. The molecule has 0 aliphatic heterocycles. The molecule has 0 aliphatic carbocycles. The van der Waals surface area contributed by atoms with Crippen molar-refractivity contribution in [1.82, 2.24) is 20.2 Å². The zero-order valence-electron chi connectivity index (χ0n) is 13.0. The number of aryl methyl sites for hydroxylation is 1. The average Bonchev–Trinajstić information content (AvgIpc) is 2.87.